The predicted molar refractivity (Wildman–Crippen MR) is 107 cm³/mol. The second-order valence-corrected chi connectivity index (χ2v) is 6.68. The molecule has 0 aliphatic rings. The van der Waals surface area contributed by atoms with Gasteiger partial charge in [0.1, 0.15) is 5.75 Å². The monoisotopic (exact) mass is 368 g/mol. The van der Waals surface area contributed by atoms with E-state index in [1.165, 1.54) is 0 Å². The van der Waals surface area contributed by atoms with Crippen LogP contribution >= 0.6 is 0 Å². The average molecular weight is 368 g/mol. The van der Waals surface area contributed by atoms with Crippen LogP contribution in [0.2, 0.25) is 0 Å². The molecule has 0 amide bonds. The first-order valence-corrected chi connectivity index (χ1v) is 9.65. The summed E-state index contributed by atoms with van der Waals surface area (Å²) in [5.41, 5.74) is 2.52. The Morgan fingerprint density at radius 1 is 0.889 bits per heavy atom. The molecule has 4 nitrogen and oxygen atoms in total. The van der Waals surface area contributed by atoms with Crippen molar-refractivity contribution >= 4 is 11.9 Å². The van der Waals surface area contributed by atoms with E-state index in [0.717, 1.165) is 36.8 Å². The molecule has 2 aromatic carbocycles. The first-order chi connectivity index (χ1) is 13.0. The predicted octanol–water partition coefficient (Wildman–Crippen LogP) is 5.79. The van der Waals surface area contributed by atoms with Gasteiger partial charge in [-0.3, -0.25) is 4.79 Å². The van der Waals surface area contributed by atoms with Crippen LogP contribution in [-0.4, -0.2) is 18.0 Å². The SMILES string of the molecule is CCCCC(=O)Oc1ccc(-c2ccc(C(=O)OC(C)CCC)cc2)cc1. The van der Waals surface area contributed by atoms with E-state index in [0.29, 0.717) is 17.7 Å². The number of hydrogen-bond acceptors (Lipinski definition) is 4. The lowest BCUT2D eigenvalue weighted by Gasteiger charge is -2.12. The minimum atomic E-state index is -0.295. The number of esters is 2. The van der Waals surface area contributed by atoms with Crippen molar-refractivity contribution in [2.75, 3.05) is 0 Å². The largest absolute Gasteiger partial charge is 0.459 e. The lowest BCUT2D eigenvalue weighted by Crippen LogP contribution is -2.14. The van der Waals surface area contributed by atoms with Crippen molar-refractivity contribution in [1.29, 1.82) is 0 Å². The number of carbonyl (C=O) groups excluding carboxylic acids is 2. The Morgan fingerprint density at radius 3 is 2.04 bits per heavy atom. The van der Waals surface area contributed by atoms with E-state index in [1.54, 1.807) is 24.3 Å². The molecule has 1 atom stereocenters. The van der Waals surface area contributed by atoms with E-state index >= 15 is 0 Å². The second-order valence-electron chi connectivity index (χ2n) is 6.68. The summed E-state index contributed by atoms with van der Waals surface area (Å²) in [5.74, 6) is 0.0477. The van der Waals surface area contributed by atoms with Crippen molar-refractivity contribution in [1.82, 2.24) is 0 Å². The van der Waals surface area contributed by atoms with Crippen LogP contribution < -0.4 is 4.74 Å². The molecule has 0 spiro atoms. The van der Waals surface area contributed by atoms with Crippen LogP contribution in [-0.2, 0) is 9.53 Å². The number of benzene rings is 2. The van der Waals surface area contributed by atoms with Gasteiger partial charge in [-0.05, 0) is 55.2 Å². The van der Waals surface area contributed by atoms with Gasteiger partial charge in [0.05, 0.1) is 11.7 Å². The van der Waals surface area contributed by atoms with Gasteiger partial charge >= 0.3 is 11.9 Å². The fraction of sp³-hybridized carbons (Fsp3) is 0.391. The van der Waals surface area contributed by atoms with Gasteiger partial charge in [0.2, 0.25) is 0 Å². The van der Waals surface area contributed by atoms with E-state index in [9.17, 15) is 9.59 Å². The summed E-state index contributed by atoms with van der Waals surface area (Å²) in [6.07, 6.45) is 4.01. The highest BCUT2D eigenvalue weighted by atomic mass is 16.5. The van der Waals surface area contributed by atoms with Crippen molar-refractivity contribution in [3.05, 3.63) is 54.1 Å². The van der Waals surface area contributed by atoms with Gasteiger partial charge in [0, 0.05) is 6.42 Å². The van der Waals surface area contributed by atoms with Gasteiger partial charge in [-0.15, -0.1) is 0 Å². The van der Waals surface area contributed by atoms with Gasteiger partial charge in [-0.2, -0.15) is 0 Å². The summed E-state index contributed by atoms with van der Waals surface area (Å²) in [4.78, 5) is 23.8. The van der Waals surface area contributed by atoms with Gasteiger partial charge in [0.15, 0.2) is 0 Å². The lowest BCUT2D eigenvalue weighted by molar-refractivity contribution is -0.134. The van der Waals surface area contributed by atoms with Crippen molar-refractivity contribution < 1.29 is 19.1 Å². The van der Waals surface area contributed by atoms with Crippen molar-refractivity contribution in [2.45, 2.75) is 59.0 Å². The Bertz CT molecular complexity index is 732. The average Bonchev–Trinajstić information content (AvgIpc) is 2.67. The Kier molecular flexibility index (Phi) is 8.05. The molecule has 2 aromatic rings. The normalized spacial score (nSPS) is 11.7. The molecule has 0 bridgehead atoms. The Balaban J connectivity index is 1.98. The molecule has 0 aliphatic heterocycles. The molecule has 0 saturated carbocycles. The number of unbranched alkanes of at least 4 members (excludes halogenated alkanes) is 1. The first-order valence-electron chi connectivity index (χ1n) is 9.65. The molecule has 4 heteroatoms. The molecule has 0 aliphatic carbocycles. The summed E-state index contributed by atoms with van der Waals surface area (Å²) < 4.78 is 10.7. The quantitative estimate of drug-likeness (QED) is 0.415. The summed E-state index contributed by atoms with van der Waals surface area (Å²) in [6, 6.07) is 14.7. The molecule has 0 N–H and O–H groups in total. The van der Waals surface area contributed by atoms with Crippen LogP contribution in [0.5, 0.6) is 5.75 Å². The van der Waals surface area contributed by atoms with Crippen LogP contribution in [0.3, 0.4) is 0 Å². The first kappa shape index (κ1) is 20.7. The highest BCUT2D eigenvalue weighted by Gasteiger charge is 2.11. The molecule has 0 radical (unpaired) electrons. The maximum Gasteiger partial charge on any atom is 0.338 e. The van der Waals surface area contributed by atoms with Crippen LogP contribution in [0.15, 0.2) is 48.5 Å². The van der Waals surface area contributed by atoms with E-state index in [1.807, 2.05) is 38.1 Å². The molecular formula is C23H28O4. The Hall–Kier alpha value is -2.62. The highest BCUT2D eigenvalue weighted by Crippen LogP contribution is 2.23. The molecule has 2 rings (SSSR count). The minimum absolute atomic E-state index is 0.0743. The van der Waals surface area contributed by atoms with Gasteiger partial charge in [-0.1, -0.05) is 51.0 Å². The maximum atomic E-state index is 12.1. The number of carbonyl (C=O) groups is 2. The molecule has 27 heavy (non-hydrogen) atoms. The smallest absolute Gasteiger partial charge is 0.338 e. The van der Waals surface area contributed by atoms with Crippen LogP contribution in [0.1, 0.15) is 63.2 Å². The van der Waals surface area contributed by atoms with Gasteiger partial charge < -0.3 is 9.47 Å². The fourth-order valence-electron chi connectivity index (χ4n) is 2.73. The zero-order valence-corrected chi connectivity index (χ0v) is 16.4. The Labute approximate surface area is 161 Å². The van der Waals surface area contributed by atoms with Gasteiger partial charge in [0.25, 0.3) is 0 Å². The zero-order chi connectivity index (χ0) is 19.6. The van der Waals surface area contributed by atoms with Crippen molar-refractivity contribution in [3.63, 3.8) is 0 Å². The highest BCUT2D eigenvalue weighted by molar-refractivity contribution is 5.90. The zero-order valence-electron chi connectivity index (χ0n) is 16.4. The van der Waals surface area contributed by atoms with Gasteiger partial charge in [-0.25, -0.2) is 4.79 Å². The molecular weight excluding hydrogens is 340 g/mol. The van der Waals surface area contributed by atoms with E-state index in [2.05, 4.69) is 6.92 Å². The third-order valence-electron chi connectivity index (χ3n) is 4.28. The number of hydrogen-bond donors (Lipinski definition) is 0. The standard InChI is InChI=1S/C23H28O4/c1-4-6-8-22(24)27-21-15-13-19(14-16-21)18-9-11-20(12-10-18)23(25)26-17(3)7-5-2/h9-17H,4-8H2,1-3H3. The summed E-state index contributed by atoms with van der Waals surface area (Å²) in [5, 5.41) is 0. The van der Waals surface area contributed by atoms with E-state index in [4.69, 9.17) is 9.47 Å². The molecule has 0 heterocycles. The third kappa shape index (κ3) is 6.55. The second kappa shape index (κ2) is 10.5. The summed E-state index contributed by atoms with van der Waals surface area (Å²) in [6.45, 7) is 6.02. The number of rotatable bonds is 9. The third-order valence-corrected chi connectivity index (χ3v) is 4.28. The summed E-state index contributed by atoms with van der Waals surface area (Å²) in [7, 11) is 0. The summed E-state index contributed by atoms with van der Waals surface area (Å²) >= 11 is 0. The maximum absolute atomic E-state index is 12.1. The Morgan fingerprint density at radius 2 is 1.48 bits per heavy atom. The van der Waals surface area contributed by atoms with Crippen molar-refractivity contribution in [3.8, 4) is 16.9 Å². The topological polar surface area (TPSA) is 52.6 Å². The van der Waals surface area contributed by atoms with Crippen LogP contribution in [0.25, 0.3) is 11.1 Å². The lowest BCUT2D eigenvalue weighted by atomic mass is 10.0. The van der Waals surface area contributed by atoms with E-state index in [-0.39, 0.29) is 18.0 Å². The molecule has 144 valence electrons. The van der Waals surface area contributed by atoms with Crippen molar-refractivity contribution in [2.24, 2.45) is 0 Å². The fourth-order valence-corrected chi connectivity index (χ4v) is 2.73. The molecule has 0 fully saturated rings. The molecule has 0 saturated heterocycles. The van der Waals surface area contributed by atoms with E-state index < -0.39 is 0 Å². The van der Waals surface area contributed by atoms with Crippen LogP contribution in [0, 0.1) is 0 Å². The number of ether oxygens (including phenoxy) is 2. The molecule has 0 aromatic heterocycles. The van der Waals surface area contributed by atoms with Crippen LogP contribution in [0.4, 0.5) is 0 Å². The minimum Gasteiger partial charge on any atom is -0.459 e. The molecule has 1 unspecified atom stereocenters.